The van der Waals surface area contributed by atoms with E-state index in [1.165, 1.54) is 11.1 Å². The average Bonchev–Trinajstić information content (AvgIpc) is 2.90. The minimum Gasteiger partial charge on any atom is -0.475 e. The van der Waals surface area contributed by atoms with Crippen molar-refractivity contribution in [3.05, 3.63) is 102 Å². The molecule has 0 saturated carbocycles. The van der Waals surface area contributed by atoms with Gasteiger partial charge in [0, 0.05) is 56.6 Å². The number of β-amino-alcohol motifs (C(OH)–C–C–N with tert-alkyl or cyclic N) is 1. The van der Waals surface area contributed by atoms with Crippen LogP contribution in [0.15, 0.2) is 91.3 Å². The number of ether oxygens (including phenoxy) is 1. The Morgan fingerprint density at radius 2 is 1.59 bits per heavy atom. The van der Waals surface area contributed by atoms with Gasteiger partial charge in [0.1, 0.15) is 12.7 Å². The van der Waals surface area contributed by atoms with Crippen LogP contribution in [0, 0.1) is 0 Å². The van der Waals surface area contributed by atoms with Crippen molar-refractivity contribution in [2.24, 2.45) is 0 Å². The number of rotatable bonds is 8. The molecule has 1 saturated heterocycles. The van der Waals surface area contributed by atoms with E-state index in [1.54, 1.807) is 0 Å². The maximum Gasteiger partial charge on any atom is 0.213 e. The highest BCUT2D eigenvalue weighted by Gasteiger charge is 2.27. The summed E-state index contributed by atoms with van der Waals surface area (Å²) in [5, 5.41) is 11.7. The number of aromatic nitrogens is 2. The molecule has 2 aromatic carbocycles. The van der Waals surface area contributed by atoms with E-state index in [0.29, 0.717) is 12.4 Å². The second-order valence-electron chi connectivity index (χ2n) is 8.74. The van der Waals surface area contributed by atoms with Gasteiger partial charge in [-0.25, -0.2) is 4.98 Å². The number of pyridine rings is 2. The maximum absolute atomic E-state index is 10.6. The molecule has 6 heteroatoms. The number of para-hydroxylation sites is 1. The Balaban J connectivity index is 1.15. The molecule has 1 aliphatic heterocycles. The highest BCUT2D eigenvalue weighted by Crippen LogP contribution is 2.29. The van der Waals surface area contributed by atoms with Crippen molar-refractivity contribution >= 4 is 10.9 Å². The van der Waals surface area contributed by atoms with Gasteiger partial charge in [-0.15, -0.1) is 0 Å². The first-order valence-electron chi connectivity index (χ1n) is 11.8. The summed E-state index contributed by atoms with van der Waals surface area (Å²) in [7, 11) is 0. The third-order valence-corrected chi connectivity index (χ3v) is 6.35. The van der Waals surface area contributed by atoms with Gasteiger partial charge in [-0.05, 0) is 29.3 Å². The molecule has 3 heterocycles. The van der Waals surface area contributed by atoms with E-state index in [9.17, 15) is 5.11 Å². The second-order valence-corrected chi connectivity index (χ2v) is 8.74. The molecule has 2 aromatic heterocycles. The van der Waals surface area contributed by atoms with E-state index in [0.717, 1.165) is 37.1 Å². The Labute approximate surface area is 200 Å². The van der Waals surface area contributed by atoms with Crippen molar-refractivity contribution < 1.29 is 9.84 Å². The number of hydrogen-bond acceptors (Lipinski definition) is 6. The molecule has 2 unspecified atom stereocenters. The lowest BCUT2D eigenvalue weighted by molar-refractivity contribution is 0.0392. The smallest absolute Gasteiger partial charge is 0.213 e. The Morgan fingerprint density at radius 1 is 0.824 bits per heavy atom. The first kappa shape index (κ1) is 22.5. The molecule has 0 bridgehead atoms. The predicted octanol–water partition coefficient (Wildman–Crippen LogP) is 3.78. The number of nitrogens with zero attached hydrogens (tertiary/aromatic N) is 4. The maximum atomic E-state index is 10.6. The lowest BCUT2D eigenvalue weighted by Gasteiger charge is -2.40. The standard InChI is InChI=1S/C28H30N4O2/c33-25(21-34-27-13-12-22-7-4-5-11-26(22)30-27)20-31-15-17-32(18-16-31)28(23-8-2-1-3-9-23)24-10-6-14-29-19-24/h1-14,19,25,28,33H,15-18,20-21H2. The van der Waals surface area contributed by atoms with E-state index in [2.05, 4.69) is 56.2 Å². The Bertz CT molecular complexity index is 1140. The molecule has 34 heavy (non-hydrogen) atoms. The summed E-state index contributed by atoms with van der Waals surface area (Å²) < 4.78 is 5.79. The average molecular weight is 455 g/mol. The van der Waals surface area contributed by atoms with Crippen LogP contribution in [0.3, 0.4) is 0 Å². The van der Waals surface area contributed by atoms with E-state index in [4.69, 9.17) is 4.74 Å². The van der Waals surface area contributed by atoms with Crippen LogP contribution in [0.25, 0.3) is 10.9 Å². The van der Waals surface area contributed by atoms with Gasteiger partial charge in [0.2, 0.25) is 5.88 Å². The van der Waals surface area contributed by atoms with Gasteiger partial charge in [-0.1, -0.05) is 54.6 Å². The molecular weight excluding hydrogens is 424 g/mol. The molecule has 4 aromatic rings. The SMILES string of the molecule is OC(COc1ccc2ccccc2n1)CN1CCN(C(c2ccccc2)c2cccnc2)CC1. The Kier molecular flexibility index (Phi) is 7.10. The number of piperazine rings is 1. The van der Waals surface area contributed by atoms with Crippen LogP contribution in [0.2, 0.25) is 0 Å². The minimum atomic E-state index is -0.567. The third-order valence-electron chi connectivity index (χ3n) is 6.35. The van der Waals surface area contributed by atoms with Crippen LogP contribution in [-0.4, -0.2) is 70.3 Å². The fourth-order valence-corrected chi connectivity index (χ4v) is 4.65. The van der Waals surface area contributed by atoms with Crippen LogP contribution < -0.4 is 4.74 Å². The summed E-state index contributed by atoms with van der Waals surface area (Å²) in [6.45, 7) is 4.46. The van der Waals surface area contributed by atoms with Crippen LogP contribution in [-0.2, 0) is 0 Å². The van der Waals surface area contributed by atoms with Crippen molar-refractivity contribution in [3.63, 3.8) is 0 Å². The summed E-state index contributed by atoms with van der Waals surface area (Å²) in [5.41, 5.74) is 3.38. The van der Waals surface area contributed by atoms with E-state index >= 15 is 0 Å². The second kappa shape index (κ2) is 10.7. The van der Waals surface area contributed by atoms with E-state index in [1.807, 2.05) is 54.9 Å². The summed E-state index contributed by atoms with van der Waals surface area (Å²) in [6, 6.07) is 26.7. The monoisotopic (exact) mass is 454 g/mol. The predicted molar refractivity (Wildman–Crippen MR) is 134 cm³/mol. The number of aliphatic hydroxyl groups excluding tert-OH is 1. The highest BCUT2D eigenvalue weighted by atomic mass is 16.5. The zero-order valence-electron chi connectivity index (χ0n) is 19.2. The fourth-order valence-electron chi connectivity index (χ4n) is 4.65. The zero-order valence-corrected chi connectivity index (χ0v) is 19.2. The molecule has 0 radical (unpaired) electrons. The van der Waals surface area contributed by atoms with Crippen molar-refractivity contribution in [2.45, 2.75) is 12.1 Å². The van der Waals surface area contributed by atoms with Gasteiger partial charge in [-0.2, -0.15) is 0 Å². The number of fused-ring (bicyclic) bond motifs is 1. The topological polar surface area (TPSA) is 61.7 Å². The van der Waals surface area contributed by atoms with Crippen LogP contribution in [0.1, 0.15) is 17.2 Å². The van der Waals surface area contributed by atoms with Crippen LogP contribution in [0.5, 0.6) is 5.88 Å². The lowest BCUT2D eigenvalue weighted by Crippen LogP contribution is -2.50. The molecular formula is C28H30N4O2. The molecule has 0 spiro atoms. The lowest BCUT2D eigenvalue weighted by atomic mass is 9.97. The molecule has 1 aliphatic rings. The van der Waals surface area contributed by atoms with Crippen molar-refractivity contribution in [1.82, 2.24) is 19.8 Å². The van der Waals surface area contributed by atoms with Crippen LogP contribution >= 0.6 is 0 Å². The van der Waals surface area contributed by atoms with Crippen molar-refractivity contribution in [2.75, 3.05) is 39.3 Å². The molecule has 6 nitrogen and oxygen atoms in total. The van der Waals surface area contributed by atoms with E-state index < -0.39 is 6.10 Å². The van der Waals surface area contributed by atoms with Gasteiger partial charge in [0.25, 0.3) is 0 Å². The fraction of sp³-hybridized carbons (Fsp3) is 0.286. The molecule has 5 rings (SSSR count). The molecule has 1 N–H and O–H groups in total. The summed E-state index contributed by atoms with van der Waals surface area (Å²) in [6.07, 6.45) is 3.22. The third kappa shape index (κ3) is 5.42. The quantitative estimate of drug-likeness (QED) is 0.437. The molecule has 1 fully saturated rings. The molecule has 0 amide bonds. The minimum absolute atomic E-state index is 0.185. The Hall–Kier alpha value is -3.32. The van der Waals surface area contributed by atoms with Gasteiger partial charge in [-0.3, -0.25) is 14.8 Å². The molecule has 2 atom stereocenters. The normalized spacial score (nSPS) is 16.9. The van der Waals surface area contributed by atoms with Gasteiger partial charge < -0.3 is 9.84 Å². The number of hydrogen-bond donors (Lipinski definition) is 1. The van der Waals surface area contributed by atoms with Crippen LogP contribution in [0.4, 0.5) is 0 Å². The summed E-state index contributed by atoms with van der Waals surface area (Å²) in [5.74, 6) is 0.546. The zero-order chi connectivity index (χ0) is 23.2. The van der Waals surface area contributed by atoms with E-state index in [-0.39, 0.29) is 12.6 Å². The molecule has 174 valence electrons. The largest absolute Gasteiger partial charge is 0.475 e. The number of benzene rings is 2. The molecule has 0 aliphatic carbocycles. The first-order chi connectivity index (χ1) is 16.8. The van der Waals surface area contributed by atoms with Gasteiger partial charge in [0.15, 0.2) is 0 Å². The van der Waals surface area contributed by atoms with Crippen molar-refractivity contribution in [3.8, 4) is 5.88 Å². The summed E-state index contributed by atoms with van der Waals surface area (Å²) in [4.78, 5) is 13.7. The van der Waals surface area contributed by atoms with Gasteiger partial charge in [0.05, 0.1) is 11.6 Å². The summed E-state index contributed by atoms with van der Waals surface area (Å²) >= 11 is 0. The highest BCUT2D eigenvalue weighted by molar-refractivity contribution is 5.78. The van der Waals surface area contributed by atoms with Crippen molar-refractivity contribution in [1.29, 1.82) is 0 Å². The first-order valence-corrected chi connectivity index (χ1v) is 11.8. The number of aliphatic hydroxyl groups is 1. The Morgan fingerprint density at radius 3 is 2.38 bits per heavy atom. The van der Waals surface area contributed by atoms with Gasteiger partial charge >= 0.3 is 0 Å².